The van der Waals surface area contributed by atoms with Crippen molar-refractivity contribution in [3.05, 3.63) is 69.8 Å². The molecule has 0 aliphatic heterocycles. The lowest BCUT2D eigenvalue weighted by Gasteiger charge is -2.04. The summed E-state index contributed by atoms with van der Waals surface area (Å²) in [4.78, 5) is 22.1. The van der Waals surface area contributed by atoms with Crippen molar-refractivity contribution in [3.63, 3.8) is 0 Å². The SMILES string of the molecule is CCOc1ccc(C(=O)N/N=C/c2cccc([N+](=O)[O-])c2)cc1. The zero-order valence-corrected chi connectivity index (χ0v) is 12.4. The zero-order chi connectivity index (χ0) is 16.7. The summed E-state index contributed by atoms with van der Waals surface area (Å²) < 4.78 is 5.29. The summed E-state index contributed by atoms with van der Waals surface area (Å²) >= 11 is 0. The second-order valence-corrected chi connectivity index (χ2v) is 4.51. The Morgan fingerprint density at radius 1 is 1.30 bits per heavy atom. The summed E-state index contributed by atoms with van der Waals surface area (Å²) in [6, 6.07) is 12.6. The van der Waals surface area contributed by atoms with Gasteiger partial charge in [-0.25, -0.2) is 5.43 Å². The molecule has 0 fully saturated rings. The molecule has 23 heavy (non-hydrogen) atoms. The van der Waals surface area contributed by atoms with Crippen LogP contribution in [0, 0.1) is 10.1 Å². The highest BCUT2D eigenvalue weighted by molar-refractivity contribution is 5.95. The lowest BCUT2D eigenvalue weighted by Crippen LogP contribution is -2.17. The van der Waals surface area contributed by atoms with Gasteiger partial charge in [0.1, 0.15) is 5.75 Å². The molecule has 1 N–H and O–H groups in total. The number of non-ortho nitro benzene ring substituents is 1. The smallest absolute Gasteiger partial charge is 0.271 e. The average Bonchev–Trinajstić information content (AvgIpc) is 2.56. The minimum atomic E-state index is -0.490. The quantitative estimate of drug-likeness (QED) is 0.504. The summed E-state index contributed by atoms with van der Waals surface area (Å²) in [6.45, 7) is 2.43. The number of hydrazone groups is 1. The van der Waals surface area contributed by atoms with Crippen molar-refractivity contribution in [1.82, 2.24) is 5.43 Å². The maximum Gasteiger partial charge on any atom is 0.271 e. The van der Waals surface area contributed by atoms with Gasteiger partial charge in [-0.2, -0.15) is 5.10 Å². The van der Waals surface area contributed by atoms with Crippen LogP contribution in [0.25, 0.3) is 0 Å². The van der Waals surface area contributed by atoms with E-state index in [0.29, 0.717) is 23.5 Å². The summed E-state index contributed by atoms with van der Waals surface area (Å²) in [6.07, 6.45) is 1.35. The van der Waals surface area contributed by atoms with E-state index in [1.165, 1.54) is 18.3 Å². The van der Waals surface area contributed by atoms with Crippen LogP contribution in [-0.4, -0.2) is 23.7 Å². The van der Waals surface area contributed by atoms with E-state index in [-0.39, 0.29) is 11.6 Å². The van der Waals surface area contributed by atoms with Gasteiger partial charge in [-0.15, -0.1) is 0 Å². The lowest BCUT2D eigenvalue weighted by molar-refractivity contribution is -0.384. The summed E-state index contributed by atoms with van der Waals surface area (Å²) in [5.41, 5.74) is 3.29. The number of amides is 1. The Morgan fingerprint density at radius 3 is 2.70 bits per heavy atom. The molecule has 2 aromatic rings. The van der Waals surface area contributed by atoms with Gasteiger partial charge in [-0.1, -0.05) is 12.1 Å². The molecule has 0 bridgehead atoms. The van der Waals surface area contributed by atoms with Crippen LogP contribution < -0.4 is 10.2 Å². The molecule has 0 saturated carbocycles. The maximum absolute atomic E-state index is 11.9. The fraction of sp³-hybridized carbons (Fsp3) is 0.125. The van der Waals surface area contributed by atoms with E-state index in [0.717, 1.165) is 0 Å². The second-order valence-electron chi connectivity index (χ2n) is 4.51. The molecule has 0 aromatic heterocycles. The van der Waals surface area contributed by atoms with Gasteiger partial charge < -0.3 is 4.74 Å². The van der Waals surface area contributed by atoms with E-state index in [9.17, 15) is 14.9 Å². The molecule has 0 atom stereocenters. The van der Waals surface area contributed by atoms with Crippen LogP contribution in [0.15, 0.2) is 53.6 Å². The van der Waals surface area contributed by atoms with Gasteiger partial charge in [0, 0.05) is 23.3 Å². The fourth-order valence-corrected chi connectivity index (χ4v) is 1.82. The van der Waals surface area contributed by atoms with Crippen molar-refractivity contribution in [3.8, 4) is 5.75 Å². The summed E-state index contributed by atoms with van der Waals surface area (Å²) in [7, 11) is 0. The number of nitro groups is 1. The van der Waals surface area contributed by atoms with E-state index in [1.54, 1.807) is 36.4 Å². The standard InChI is InChI=1S/C16H15N3O4/c1-2-23-15-8-6-13(7-9-15)16(20)18-17-11-12-4-3-5-14(10-12)19(21)22/h3-11H,2H2,1H3,(H,18,20)/b17-11+. The van der Waals surface area contributed by atoms with Crippen molar-refractivity contribution in [1.29, 1.82) is 0 Å². The molecule has 0 aliphatic carbocycles. The number of ether oxygens (including phenoxy) is 1. The zero-order valence-electron chi connectivity index (χ0n) is 12.4. The van der Waals surface area contributed by atoms with Gasteiger partial charge in [0.25, 0.3) is 11.6 Å². The Kier molecular flexibility index (Phi) is 5.40. The molecule has 118 valence electrons. The average molecular weight is 313 g/mol. The number of benzene rings is 2. The summed E-state index contributed by atoms with van der Waals surface area (Å²) in [5.74, 6) is 0.305. The molecule has 2 aromatic carbocycles. The number of carbonyl (C=O) groups is 1. The first kappa shape index (κ1) is 16.2. The van der Waals surface area contributed by atoms with E-state index < -0.39 is 4.92 Å². The summed E-state index contributed by atoms with van der Waals surface area (Å²) in [5, 5.41) is 14.5. The van der Waals surface area contributed by atoms with E-state index >= 15 is 0 Å². The number of nitrogens with zero attached hydrogens (tertiary/aromatic N) is 2. The molecule has 0 radical (unpaired) electrons. The normalized spacial score (nSPS) is 10.5. The fourth-order valence-electron chi connectivity index (χ4n) is 1.82. The van der Waals surface area contributed by atoms with Gasteiger partial charge in [-0.3, -0.25) is 14.9 Å². The second kappa shape index (κ2) is 7.69. The first-order valence-electron chi connectivity index (χ1n) is 6.91. The number of carbonyl (C=O) groups excluding carboxylic acids is 1. The number of hydrogen-bond acceptors (Lipinski definition) is 5. The third kappa shape index (κ3) is 4.63. The van der Waals surface area contributed by atoms with Crippen LogP contribution in [0.1, 0.15) is 22.8 Å². The third-order valence-corrected chi connectivity index (χ3v) is 2.89. The predicted octanol–water partition coefficient (Wildman–Crippen LogP) is 2.76. The van der Waals surface area contributed by atoms with Crippen molar-refractivity contribution in [2.45, 2.75) is 6.92 Å². The molecule has 7 heteroatoms. The molecular weight excluding hydrogens is 298 g/mol. The molecule has 0 aliphatic rings. The minimum absolute atomic E-state index is 0.0354. The molecule has 0 unspecified atom stereocenters. The molecule has 7 nitrogen and oxygen atoms in total. The Bertz CT molecular complexity index is 726. The number of hydrogen-bond donors (Lipinski definition) is 1. The van der Waals surface area contributed by atoms with Crippen molar-refractivity contribution < 1.29 is 14.5 Å². The maximum atomic E-state index is 11.9. The third-order valence-electron chi connectivity index (χ3n) is 2.89. The van der Waals surface area contributed by atoms with Crippen LogP contribution in [0.2, 0.25) is 0 Å². The number of nitro benzene ring substituents is 1. The molecular formula is C16H15N3O4. The largest absolute Gasteiger partial charge is 0.494 e. The first-order valence-corrected chi connectivity index (χ1v) is 6.91. The number of rotatable bonds is 6. The van der Waals surface area contributed by atoms with Gasteiger partial charge in [0.15, 0.2) is 0 Å². The van der Waals surface area contributed by atoms with Gasteiger partial charge in [0.2, 0.25) is 0 Å². The van der Waals surface area contributed by atoms with Crippen LogP contribution in [0.4, 0.5) is 5.69 Å². The Morgan fingerprint density at radius 2 is 2.04 bits per heavy atom. The molecule has 2 rings (SSSR count). The van der Waals surface area contributed by atoms with Crippen LogP contribution in [0.3, 0.4) is 0 Å². The minimum Gasteiger partial charge on any atom is -0.494 e. The molecule has 0 saturated heterocycles. The van der Waals surface area contributed by atoms with E-state index in [2.05, 4.69) is 10.5 Å². The van der Waals surface area contributed by atoms with Crippen molar-refractivity contribution in [2.24, 2.45) is 5.10 Å². The van der Waals surface area contributed by atoms with E-state index in [4.69, 9.17) is 4.74 Å². The van der Waals surface area contributed by atoms with Crippen LogP contribution >= 0.6 is 0 Å². The number of nitrogens with one attached hydrogen (secondary N) is 1. The monoisotopic (exact) mass is 313 g/mol. The predicted molar refractivity (Wildman–Crippen MR) is 85.8 cm³/mol. The first-order chi connectivity index (χ1) is 11.1. The Balaban J connectivity index is 1.98. The van der Waals surface area contributed by atoms with Crippen molar-refractivity contribution >= 4 is 17.8 Å². The van der Waals surface area contributed by atoms with Crippen LogP contribution in [0.5, 0.6) is 5.75 Å². The highest BCUT2D eigenvalue weighted by Gasteiger charge is 2.05. The highest BCUT2D eigenvalue weighted by Crippen LogP contribution is 2.12. The Labute approximate surface area is 132 Å². The Hall–Kier alpha value is -3.22. The van der Waals surface area contributed by atoms with E-state index in [1.807, 2.05) is 6.92 Å². The highest BCUT2D eigenvalue weighted by atomic mass is 16.6. The van der Waals surface area contributed by atoms with Gasteiger partial charge >= 0.3 is 0 Å². The van der Waals surface area contributed by atoms with Gasteiger partial charge in [0.05, 0.1) is 17.7 Å². The molecule has 0 spiro atoms. The lowest BCUT2D eigenvalue weighted by atomic mass is 10.2. The van der Waals surface area contributed by atoms with Crippen LogP contribution in [-0.2, 0) is 0 Å². The topological polar surface area (TPSA) is 93.8 Å². The van der Waals surface area contributed by atoms with Crippen molar-refractivity contribution in [2.75, 3.05) is 6.61 Å². The molecule has 0 heterocycles. The van der Waals surface area contributed by atoms with Gasteiger partial charge in [-0.05, 0) is 31.2 Å². The molecule has 1 amide bonds.